The van der Waals surface area contributed by atoms with Crippen molar-refractivity contribution in [3.8, 4) is 6.07 Å². The van der Waals surface area contributed by atoms with Crippen LogP contribution in [-0.4, -0.2) is 29.9 Å². The molecule has 7 heteroatoms. The number of fused-ring (bicyclic) bond motifs is 7. The van der Waals surface area contributed by atoms with Gasteiger partial charge in [0.15, 0.2) is 11.6 Å². The number of hydrogen-bond acceptors (Lipinski definition) is 4. The SMILES string of the molecule is C[C@@H]1[C@H]2[C@H]3C(=O)C=C4[C@@]5(C)C=C(C#N)C(=O)C(C)(C)[C@@H]5CC[C@@]4(C)[C@]3(C)CC[C@@]2(CNC(=O)C(C)(F)F)CC[C@H]1C. The fourth-order valence-electron chi connectivity index (χ4n) is 10.7. The minimum atomic E-state index is -3.45. The van der Waals surface area contributed by atoms with Gasteiger partial charge in [-0.3, -0.25) is 14.4 Å². The number of halogens is 2. The van der Waals surface area contributed by atoms with Gasteiger partial charge >= 0.3 is 5.92 Å². The van der Waals surface area contributed by atoms with Crippen LogP contribution in [0, 0.1) is 68.0 Å². The van der Waals surface area contributed by atoms with E-state index in [0.29, 0.717) is 12.8 Å². The molecule has 3 saturated carbocycles. The van der Waals surface area contributed by atoms with Crippen LogP contribution in [0.25, 0.3) is 0 Å². The molecule has 1 amide bonds. The third kappa shape index (κ3) is 3.91. The molecule has 5 rings (SSSR count). The summed E-state index contributed by atoms with van der Waals surface area (Å²) in [5, 5.41) is 12.5. The minimum Gasteiger partial charge on any atom is -0.350 e. The van der Waals surface area contributed by atoms with Crippen LogP contribution in [0.3, 0.4) is 0 Å². The normalized spacial score (nSPS) is 45.1. The number of nitrogens with zero attached hydrogens (tertiary/aromatic N) is 1. The third-order valence-electron chi connectivity index (χ3n) is 13.4. The van der Waals surface area contributed by atoms with Crippen LogP contribution >= 0.6 is 0 Å². The molecule has 0 bridgehead atoms. The van der Waals surface area contributed by atoms with Crippen molar-refractivity contribution in [1.82, 2.24) is 5.32 Å². The largest absolute Gasteiger partial charge is 0.350 e. The molecule has 5 aliphatic carbocycles. The molecule has 41 heavy (non-hydrogen) atoms. The van der Waals surface area contributed by atoms with Gasteiger partial charge in [-0.25, -0.2) is 0 Å². The Labute approximate surface area is 243 Å². The number of nitriles is 1. The fraction of sp³-hybridized carbons (Fsp3) is 0.765. The van der Waals surface area contributed by atoms with E-state index in [9.17, 15) is 28.4 Å². The summed E-state index contributed by atoms with van der Waals surface area (Å²) >= 11 is 0. The van der Waals surface area contributed by atoms with Crippen LogP contribution in [0.4, 0.5) is 8.78 Å². The molecule has 0 saturated heterocycles. The summed E-state index contributed by atoms with van der Waals surface area (Å²) in [6.45, 7) is 15.7. The van der Waals surface area contributed by atoms with Crippen LogP contribution in [0.5, 0.6) is 0 Å². The number of rotatable bonds is 3. The summed E-state index contributed by atoms with van der Waals surface area (Å²) in [7, 11) is 0. The lowest BCUT2D eigenvalue weighted by Gasteiger charge is -2.69. The zero-order valence-electron chi connectivity index (χ0n) is 25.9. The zero-order chi connectivity index (χ0) is 30.6. The lowest BCUT2D eigenvalue weighted by atomic mass is 9.34. The highest BCUT2D eigenvalue weighted by molar-refractivity contribution is 6.04. The fourth-order valence-corrected chi connectivity index (χ4v) is 10.7. The maximum Gasteiger partial charge on any atom is 0.321 e. The molecular formula is C34H46F2N2O3. The lowest BCUT2D eigenvalue weighted by Crippen LogP contribution is -2.66. The summed E-state index contributed by atoms with van der Waals surface area (Å²) in [6.07, 6.45) is 8.63. The quantitative estimate of drug-likeness (QED) is 0.404. The van der Waals surface area contributed by atoms with Gasteiger partial charge in [0.05, 0.1) is 5.57 Å². The van der Waals surface area contributed by atoms with Crippen LogP contribution in [0.1, 0.15) is 93.9 Å². The molecule has 224 valence electrons. The molecule has 0 spiro atoms. The van der Waals surface area contributed by atoms with Gasteiger partial charge < -0.3 is 5.32 Å². The Bertz CT molecular complexity index is 1300. The minimum absolute atomic E-state index is 0.0193. The van der Waals surface area contributed by atoms with Crippen molar-refractivity contribution < 1.29 is 23.2 Å². The second-order valence-electron chi connectivity index (χ2n) is 15.6. The average Bonchev–Trinajstić information content (AvgIpc) is 2.88. The molecule has 0 aromatic carbocycles. The number of carbonyl (C=O) groups excluding carboxylic acids is 3. The van der Waals surface area contributed by atoms with Gasteiger partial charge in [-0.15, -0.1) is 0 Å². The summed E-state index contributed by atoms with van der Waals surface area (Å²) in [5.41, 5.74) is -1.22. The van der Waals surface area contributed by atoms with Crippen molar-refractivity contribution >= 4 is 17.5 Å². The first-order valence-corrected chi connectivity index (χ1v) is 15.4. The van der Waals surface area contributed by atoms with Gasteiger partial charge in [0, 0.05) is 30.2 Å². The van der Waals surface area contributed by atoms with Gasteiger partial charge in [-0.2, -0.15) is 14.0 Å². The summed E-state index contributed by atoms with van der Waals surface area (Å²) in [4.78, 5) is 40.1. The third-order valence-corrected chi connectivity index (χ3v) is 13.4. The van der Waals surface area contributed by atoms with E-state index in [4.69, 9.17) is 0 Å². The van der Waals surface area contributed by atoms with Crippen LogP contribution in [0.2, 0.25) is 0 Å². The Morgan fingerprint density at radius 3 is 2.34 bits per heavy atom. The molecule has 9 atom stereocenters. The predicted molar refractivity (Wildman–Crippen MR) is 152 cm³/mol. The number of hydrogen-bond donors (Lipinski definition) is 1. The van der Waals surface area contributed by atoms with E-state index in [1.165, 1.54) is 0 Å². The summed E-state index contributed by atoms with van der Waals surface area (Å²) in [6, 6.07) is 2.15. The van der Waals surface area contributed by atoms with Crippen molar-refractivity contribution in [3.05, 3.63) is 23.3 Å². The molecule has 1 N–H and O–H groups in total. The highest BCUT2D eigenvalue weighted by Crippen LogP contribution is 2.74. The molecule has 0 aromatic heterocycles. The van der Waals surface area contributed by atoms with Gasteiger partial charge in [0.25, 0.3) is 5.91 Å². The lowest BCUT2D eigenvalue weighted by molar-refractivity contribution is -0.177. The van der Waals surface area contributed by atoms with Gasteiger partial charge in [-0.1, -0.05) is 60.1 Å². The summed E-state index contributed by atoms with van der Waals surface area (Å²) < 4.78 is 27.7. The van der Waals surface area contributed by atoms with Crippen molar-refractivity contribution in [2.24, 2.45) is 56.7 Å². The van der Waals surface area contributed by atoms with E-state index in [-0.39, 0.29) is 58.2 Å². The Balaban J connectivity index is 1.63. The number of alkyl halides is 2. The van der Waals surface area contributed by atoms with Crippen LogP contribution in [0.15, 0.2) is 23.3 Å². The Morgan fingerprint density at radius 1 is 1.07 bits per heavy atom. The molecule has 3 fully saturated rings. The van der Waals surface area contributed by atoms with Crippen molar-refractivity contribution in [1.29, 1.82) is 5.26 Å². The van der Waals surface area contributed by atoms with Crippen LogP contribution in [-0.2, 0) is 14.4 Å². The number of carbonyl (C=O) groups is 3. The topological polar surface area (TPSA) is 87.0 Å². The standard InChI is InChI=1S/C34H46F2N2O3/c1-19-9-12-34(18-38-28(41)33(8,35)36)14-13-32(7)26(25(34)20(19)2)22(39)15-24-30(5)16-21(17-37)27(40)29(3,4)23(30)10-11-31(24,32)6/h15-16,19-20,23,25-26H,9-14,18H2,1-8H3,(H,38,41)/t19-,20+,23+,25+,26-,30+,31-,32-,34-/m1/s1. The second kappa shape index (κ2) is 9.07. The second-order valence-corrected chi connectivity index (χ2v) is 15.6. The van der Waals surface area contributed by atoms with Crippen LogP contribution < -0.4 is 5.32 Å². The predicted octanol–water partition coefficient (Wildman–Crippen LogP) is 6.83. The smallest absolute Gasteiger partial charge is 0.321 e. The number of amides is 1. The Hall–Kier alpha value is -2.36. The summed E-state index contributed by atoms with van der Waals surface area (Å²) in [5.74, 6) is -4.53. The van der Waals surface area contributed by atoms with E-state index in [1.54, 1.807) is 0 Å². The molecule has 0 heterocycles. The van der Waals surface area contributed by atoms with Crippen molar-refractivity contribution in [2.45, 2.75) is 99.8 Å². The molecule has 0 unspecified atom stereocenters. The van der Waals surface area contributed by atoms with Crippen molar-refractivity contribution in [3.63, 3.8) is 0 Å². The molecule has 5 nitrogen and oxygen atoms in total. The van der Waals surface area contributed by atoms with E-state index >= 15 is 0 Å². The Morgan fingerprint density at radius 2 is 1.73 bits per heavy atom. The highest BCUT2D eigenvalue weighted by Gasteiger charge is 2.70. The first-order valence-electron chi connectivity index (χ1n) is 15.4. The first-order chi connectivity index (χ1) is 18.8. The number of nitrogens with one attached hydrogen (secondary N) is 1. The number of Topliss-reactive ketones (excluding diaryl/α,β-unsaturated/α-hetero) is 1. The monoisotopic (exact) mass is 568 g/mol. The van der Waals surface area contributed by atoms with E-state index in [0.717, 1.165) is 44.1 Å². The molecule has 0 radical (unpaired) electrons. The first kappa shape index (κ1) is 30.1. The maximum absolute atomic E-state index is 14.5. The number of allylic oxidation sites excluding steroid dienone is 4. The van der Waals surface area contributed by atoms with E-state index < -0.39 is 28.1 Å². The average molecular weight is 569 g/mol. The van der Waals surface area contributed by atoms with Gasteiger partial charge in [-0.05, 0) is 84.5 Å². The van der Waals surface area contributed by atoms with E-state index in [2.05, 4.69) is 46.0 Å². The van der Waals surface area contributed by atoms with Crippen molar-refractivity contribution in [2.75, 3.05) is 6.54 Å². The molecular weight excluding hydrogens is 522 g/mol. The molecule has 0 aromatic rings. The van der Waals surface area contributed by atoms with E-state index in [1.807, 2.05) is 26.0 Å². The van der Waals surface area contributed by atoms with Gasteiger partial charge in [0.2, 0.25) is 0 Å². The maximum atomic E-state index is 14.5. The number of ketones is 2. The molecule has 5 aliphatic rings. The highest BCUT2D eigenvalue weighted by atomic mass is 19.3. The zero-order valence-corrected chi connectivity index (χ0v) is 25.9. The Kier molecular flexibility index (Phi) is 6.66. The molecule has 0 aliphatic heterocycles. The van der Waals surface area contributed by atoms with Gasteiger partial charge in [0.1, 0.15) is 6.07 Å².